The van der Waals surface area contributed by atoms with E-state index >= 15 is 0 Å². The average molecular weight is 323 g/mol. The van der Waals surface area contributed by atoms with Gasteiger partial charge in [0, 0.05) is 5.56 Å². The number of nitrogens with one attached hydrogen (secondary N) is 1. The Morgan fingerprint density at radius 1 is 1.29 bits per heavy atom. The van der Waals surface area contributed by atoms with Crippen molar-refractivity contribution in [2.24, 2.45) is 10.7 Å². The van der Waals surface area contributed by atoms with Gasteiger partial charge in [-0.05, 0) is 37.3 Å². The molecule has 4 N–H and O–H groups in total. The normalized spacial score (nSPS) is 16.4. The Kier molecular flexibility index (Phi) is 3.26. The highest BCUT2D eigenvalue weighted by Gasteiger charge is 2.27. The third-order valence-electron chi connectivity index (χ3n) is 3.93. The van der Waals surface area contributed by atoms with Crippen LogP contribution in [0.2, 0.25) is 0 Å². The zero-order chi connectivity index (χ0) is 16.7. The maximum absolute atomic E-state index is 10.4. The van der Waals surface area contributed by atoms with E-state index in [0.29, 0.717) is 23.9 Å². The lowest BCUT2D eigenvalue weighted by molar-refractivity contribution is 0.338. The molecule has 2 aromatic carbocycles. The topological polar surface area (TPSA) is 97.7 Å². The Hall–Kier alpha value is -3.22. The summed E-state index contributed by atoms with van der Waals surface area (Å²) in [6.45, 7) is 2.45. The molecule has 0 aliphatic carbocycles. The Bertz CT molecular complexity index is 947. The van der Waals surface area contributed by atoms with Gasteiger partial charge in [0.1, 0.15) is 11.5 Å². The number of nitrogens with two attached hydrogens (primary N) is 1. The smallest absolute Gasteiger partial charge is 0.212 e. The Balaban J connectivity index is 1.92. The van der Waals surface area contributed by atoms with Crippen molar-refractivity contribution in [2.75, 3.05) is 11.9 Å². The molecule has 3 aromatic rings. The summed E-state index contributed by atoms with van der Waals surface area (Å²) in [5.74, 6) is 1.65. The molecule has 0 amide bonds. The second-order valence-electron chi connectivity index (χ2n) is 5.46. The molecule has 7 heteroatoms. The highest BCUT2D eigenvalue weighted by atomic mass is 16.5. The fourth-order valence-electron chi connectivity index (χ4n) is 2.92. The molecule has 4 rings (SSSR count). The van der Waals surface area contributed by atoms with E-state index in [0.717, 1.165) is 11.0 Å². The molecule has 0 fully saturated rings. The standard InChI is InChI=1S/C17H17N5O2/c1-2-24-10-7-8-14(23)11(9-10)15-20-16(18)21-17-19-12-5-3-4-6-13(12)22(15)17/h3-9,15,23H,2H2,1H3,(H3,18,19,20,21)/t15-/m0/s1. The highest BCUT2D eigenvalue weighted by molar-refractivity contribution is 5.94. The lowest BCUT2D eigenvalue weighted by Crippen LogP contribution is -2.31. The molecule has 0 radical (unpaired) electrons. The molecule has 2 heterocycles. The van der Waals surface area contributed by atoms with Crippen molar-refractivity contribution < 1.29 is 9.84 Å². The first kappa shape index (κ1) is 14.4. The summed E-state index contributed by atoms with van der Waals surface area (Å²) in [5.41, 5.74) is 8.26. The van der Waals surface area contributed by atoms with Crippen LogP contribution in [-0.2, 0) is 0 Å². The summed E-state index contributed by atoms with van der Waals surface area (Å²) in [4.78, 5) is 9.01. The quantitative estimate of drug-likeness (QED) is 0.688. The maximum atomic E-state index is 10.4. The molecule has 1 aliphatic rings. The molecule has 1 atom stereocenters. The number of imidazole rings is 1. The van der Waals surface area contributed by atoms with Gasteiger partial charge in [-0.1, -0.05) is 12.1 Å². The van der Waals surface area contributed by atoms with E-state index in [9.17, 15) is 5.11 Å². The summed E-state index contributed by atoms with van der Waals surface area (Å²) < 4.78 is 7.46. The van der Waals surface area contributed by atoms with Gasteiger partial charge in [-0.3, -0.25) is 9.88 Å². The van der Waals surface area contributed by atoms with Gasteiger partial charge in [0.05, 0.1) is 17.6 Å². The van der Waals surface area contributed by atoms with E-state index < -0.39 is 6.17 Å². The minimum absolute atomic E-state index is 0.130. The van der Waals surface area contributed by atoms with E-state index in [1.807, 2.05) is 35.8 Å². The van der Waals surface area contributed by atoms with Crippen LogP contribution in [0.15, 0.2) is 47.5 Å². The number of aromatic nitrogens is 2. The SMILES string of the molecule is CCOc1ccc(O)c([C@H]2N=C(N)Nc3nc4ccccc4n32)c1. The van der Waals surface area contributed by atoms with Crippen LogP contribution in [0.1, 0.15) is 18.7 Å². The Morgan fingerprint density at radius 2 is 2.12 bits per heavy atom. The van der Waals surface area contributed by atoms with Gasteiger partial charge in [-0.2, -0.15) is 0 Å². The van der Waals surface area contributed by atoms with Crippen molar-refractivity contribution in [2.45, 2.75) is 13.1 Å². The molecule has 122 valence electrons. The fourth-order valence-corrected chi connectivity index (χ4v) is 2.92. The number of fused-ring (bicyclic) bond motifs is 3. The maximum Gasteiger partial charge on any atom is 0.212 e. The van der Waals surface area contributed by atoms with E-state index in [2.05, 4.69) is 15.3 Å². The number of para-hydroxylation sites is 2. The first-order chi connectivity index (χ1) is 11.7. The van der Waals surface area contributed by atoms with Crippen molar-refractivity contribution in [1.82, 2.24) is 9.55 Å². The molecule has 0 unspecified atom stereocenters. The monoisotopic (exact) mass is 323 g/mol. The molecule has 1 aliphatic heterocycles. The molecule has 0 bridgehead atoms. The fraction of sp³-hybridized carbons (Fsp3) is 0.176. The number of guanidine groups is 1. The van der Waals surface area contributed by atoms with Crippen LogP contribution in [-0.4, -0.2) is 27.2 Å². The number of hydrogen-bond donors (Lipinski definition) is 3. The number of rotatable bonds is 3. The van der Waals surface area contributed by atoms with Gasteiger partial charge in [0.2, 0.25) is 5.95 Å². The minimum atomic E-state index is -0.519. The molecule has 0 spiro atoms. The third-order valence-corrected chi connectivity index (χ3v) is 3.93. The first-order valence-electron chi connectivity index (χ1n) is 7.70. The molecule has 0 saturated heterocycles. The van der Waals surface area contributed by atoms with Crippen LogP contribution in [0.4, 0.5) is 5.95 Å². The van der Waals surface area contributed by atoms with Crippen LogP contribution in [0.25, 0.3) is 11.0 Å². The van der Waals surface area contributed by atoms with E-state index in [1.54, 1.807) is 18.2 Å². The zero-order valence-corrected chi connectivity index (χ0v) is 13.1. The largest absolute Gasteiger partial charge is 0.508 e. The van der Waals surface area contributed by atoms with Crippen molar-refractivity contribution >= 4 is 22.9 Å². The van der Waals surface area contributed by atoms with Gasteiger partial charge in [-0.15, -0.1) is 0 Å². The van der Waals surface area contributed by atoms with Crippen molar-refractivity contribution in [3.63, 3.8) is 0 Å². The van der Waals surface area contributed by atoms with Crippen molar-refractivity contribution in [3.8, 4) is 11.5 Å². The molecular formula is C17H17N5O2. The summed E-state index contributed by atoms with van der Waals surface area (Å²) in [6.07, 6.45) is -0.519. The summed E-state index contributed by atoms with van der Waals surface area (Å²) in [6, 6.07) is 12.9. The summed E-state index contributed by atoms with van der Waals surface area (Å²) in [7, 11) is 0. The Labute approximate surface area is 138 Å². The number of aliphatic imine (C=N–C) groups is 1. The molecule has 0 saturated carbocycles. The van der Waals surface area contributed by atoms with Crippen molar-refractivity contribution in [3.05, 3.63) is 48.0 Å². The molecule has 1 aromatic heterocycles. The number of ether oxygens (including phenoxy) is 1. The van der Waals surface area contributed by atoms with E-state index in [-0.39, 0.29) is 11.7 Å². The second kappa shape index (κ2) is 5.45. The Morgan fingerprint density at radius 3 is 2.96 bits per heavy atom. The summed E-state index contributed by atoms with van der Waals surface area (Å²) in [5, 5.41) is 13.3. The first-order valence-corrected chi connectivity index (χ1v) is 7.70. The van der Waals surface area contributed by atoms with Gasteiger partial charge in [0.15, 0.2) is 12.1 Å². The molecular weight excluding hydrogens is 306 g/mol. The predicted octanol–water partition coefficient (Wildman–Crippen LogP) is 2.43. The van der Waals surface area contributed by atoms with Crippen LogP contribution in [0.5, 0.6) is 11.5 Å². The number of phenols is 1. The lowest BCUT2D eigenvalue weighted by atomic mass is 10.1. The van der Waals surface area contributed by atoms with Crippen LogP contribution >= 0.6 is 0 Å². The number of aromatic hydroxyl groups is 1. The van der Waals surface area contributed by atoms with Gasteiger partial charge >= 0.3 is 0 Å². The van der Waals surface area contributed by atoms with E-state index in [1.165, 1.54) is 0 Å². The second-order valence-corrected chi connectivity index (χ2v) is 5.46. The van der Waals surface area contributed by atoms with Gasteiger partial charge < -0.3 is 15.6 Å². The number of hydrogen-bond acceptors (Lipinski definition) is 6. The number of phenolic OH excluding ortho intramolecular Hbond substituents is 1. The molecule has 24 heavy (non-hydrogen) atoms. The predicted molar refractivity (Wildman–Crippen MR) is 92.4 cm³/mol. The van der Waals surface area contributed by atoms with Crippen molar-refractivity contribution in [1.29, 1.82) is 0 Å². The average Bonchev–Trinajstić information content (AvgIpc) is 2.94. The lowest BCUT2D eigenvalue weighted by Gasteiger charge is -2.24. The summed E-state index contributed by atoms with van der Waals surface area (Å²) >= 11 is 0. The van der Waals surface area contributed by atoms with Crippen LogP contribution in [0, 0.1) is 0 Å². The van der Waals surface area contributed by atoms with Gasteiger partial charge in [-0.25, -0.2) is 9.98 Å². The highest BCUT2D eigenvalue weighted by Crippen LogP contribution is 2.37. The zero-order valence-electron chi connectivity index (χ0n) is 13.1. The minimum Gasteiger partial charge on any atom is -0.508 e. The van der Waals surface area contributed by atoms with E-state index in [4.69, 9.17) is 10.5 Å². The third kappa shape index (κ3) is 2.21. The van der Waals surface area contributed by atoms with Crippen LogP contribution < -0.4 is 15.8 Å². The number of nitrogens with zero attached hydrogens (tertiary/aromatic N) is 3. The molecule has 7 nitrogen and oxygen atoms in total. The number of benzene rings is 2. The van der Waals surface area contributed by atoms with Gasteiger partial charge in [0.25, 0.3) is 0 Å². The van der Waals surface area contributed by atoms with Crippen LogP contribution in [0.3, 0.4) is 0 Å². The number of anilines is 1.